The van der Waals surface area contributed by atoms with Gasteiger partial charge in [-0.1, -0.05) is 26.3 Å². The van der Waals surface area contributed by atoms with Crippen LogP contribution < -0.4 is 15.2 Å². The predicted octanol–water partition coefficient (Wildman–Crippen LogP) is 2.68. The van der Waals surface area contributed by atoms with Crippen LogP contribution in [-0.2, 0) is 10.2 Å². The second kappa shape index (κ2) is 5.61. The zero-order valence-electron chi connectivity index (χ0n) is 12.0. The Bertz CT molecular complexity index is 570. The van der Waals surface area contributed by atoms with Crippen molar-refractivity contribution in [2.24, 2.45) is 10.6 Å². The van der Waals surface area contributed by atoms with Crippen molar-refractivity contribution < 1.29 is 8.42 Å². The quantitative estimate of drug-likeness (QED) is 0.799. The fourth-order valence-electron chi connectivity index (χ4n) is 2.89. The molecule has 1 aliphatic carbocycles. The third-order valence-corrected chi connectivity index (χ3v) is 4.22. The van der Waals surface area contributed by atoms with Gasteiger partial charge in [0.05, 0.1) is 5.69 Å². The molecule has 0 aliphatic heterocycles. The van der Waals surface area contributed by atoms with E-state index in [2.05, 4.69) is 23.9 Å². The summed E-state index contributed by atoms with van der Waals surface area (Å²) in [5.74, 6) is 0. The van der Waals surface area contributed by atoms with Gasteiger partial charge in [0.1, 0.15) is 0 Å². The summed E-state index contributed by atoms with van der Waals surface area (Å²) in [5.41, 5.74) is 1.76. The van der Waals surface area contributed by atoms with E-state index in [-0.39, 0.29) is 0 Å². The van der Waals surface area contributed by atoms with Crippen LogP contribution >= 0.6 is 0 Å². The van der Waals surface area contributed by atoms with E-state index >= 15 is 0 Å². The molecule has 0 heterocycles. The van der Waals surface area contributed by atoms with Crippen LogP contribution in [0.4, 0.5) is 11.4 Å². The molecule has 4 N–H and O–H groups in total. The van der Waals surface area contributed by atoms with Crippen LogP contribution in [0, 0.1) is 5.41 Å². The van der Waals surface area contributed by atoms with E-state index < -0.39 is 10.2 Å². The molecule has 1 aromatic carbocycles. The molecule has 0 spiro atoms. The fourth-order valence-corrected chi connectivity index (χ4v) is 3.35. The maximum Gasteiger partial charge on any atom is 0.296 e. The van der Waals surface area contributed by atoms with Crippen molar-refractivity contribution in [1.29, 1.82) is 0 Å². The first-order valence-corrected chi connectivity index (χ1v) is 8.45. The molecule has 1 atom stereocenters. The average molecular weight is 297 g/mol. The minimum atomic E-state index is -3.72. The van der Waals surface area contributed by atoms with E-state index in [1.807, 2.05) is 12.1 Å². The van der Waals surface area contributed by atoms with Gasteiger partial charge in [-0.2, -0.15) is 8.42 Å². The molecule has 1 aliphatic rings. The normalized spacial score (nSPS) is 22.2. The minimum Gasteiger partial charge on any atom is -0.382 e. The Hall–Kier alpha value is -1.27. The Morgan fingerprint density at radius 2 is 2.00 bits per heavy atom. The molecule has 1 saturated carbocycles. The smallest absolute Gasteiger partial charge is 0.296 e. The number of rotatable bonds is 4. The van der Waals surface area contributed by atoms with Gasteiger partial charge in [0.25, 0.3) is 10.2 Å². The van der Waals surface area contributed by atoms with Gasteiger partial charge in [-0.3, -0.25) is 4.72 Å². The minimum absolute atomic E-state index is 0.367. The van der Waals surface area contributed by atoms with Crippen LogP contribution in [0.2, 0.25) is 0 Å². The molecule has 5 nitrogen and oxygen atoms in total. The summed E-state index contributed by atoms with van der Waals surface area (Å²) in [6.45, 7) is 4.58. The maximum absolute atomic E-state index is 11.0. The Labute approximate surface area is 121 Å². The lowest BCUT2D eigenvalue weighted by atomic mass is 9.75. The average Bonchev–Trinajstić information content (AvgIpc) is 2.25. The van der Waals surface area contributed by atoms with E-state index in [0.29, 0.717) is 17.1 Å². The number of hydrogen-bond donors (Lipinski definition) is 3. The summed E-state index contributed by atoms with van der Waals surface area (Å²) in [6, 6.07) is 7.63. The standard InChI is InChI=1S/C14H23N3O2S/c1-14(2)8-4-7-13(10-14)16-11-5-3-6-12(9-11)17-20(15,18)19/h3,5-6,9,13,16-17H,4,7-8,10H2,1-2H3,(H2,15,18,19). The second-order valence-electron chi connectivity index (χ2n) is 6.33. The van der Waals surface area contributed by atoms with Crippen LogP contribution in [0.1, 0.15) is 39.5 Å². The molecular formula is C14H23N3O2S. The van der Waals surface area contributed by atoms with Crippen molar-refractivity contribution in [3.63, 3.8) is 0 Å². The van der Waals surface area contributed by atoms with E-state index in [4.69, 9.17) is 5.14 Å². The summed E-state index contributed by atoms with van der Waals surface area (Å²) in [5, 5.41) is 8.47. The highest BCUT2D eigenvalue weighted by Gasteiger charge is 2.27. The van der Waals surface area contributed by atoms with Gasteiger partial charge < -0.3 is 5.32 Å². The highest BCUT2D eigenvalue weighted by atomic mass is 32.2. The van der Waals surface area contributed by atoms with Gasteiger partial charge in [-0.25, -0.2) is 5.14 Å². The molecule has 0 saturated heterocycles. The number of nitrogens with two attached hydrogens (primary N) is 1. The van der Waals surface area contributed by atoms with Gasteiger partial charge in [0.15, 0.2) is 0 Å². The third-order valence-electron chi connectivity index (χ3n) is 3.70. The molecule has 20 heavy (non-hydrogen) atoms. The van der Waals surface area contributed by atoms with E-state index in [1.165, 1.54) is 12.8 Å². The Kier molecular flexibility index (Phi) is 4.25. The van der Waals surface area contributed by atoms with Crippen LogP contribution in [0.15, 0.2) is 24.3 Å². The molecular weight excluding hydrogens is 274 g/mol. The van der Waals surface area contributed by atoms with Gasteiger partial charge in [-0.15, -0.1) is 0 Å². The van der Waals surface area contributed by atoms with Crippen LogP contribution in [-0.4, -0.2) is 14.5 Å². The lowest BCUT2D eigenvalue weighted by Gasteiger charge is -2.36. The lowest BCUT2D eigenvalue weighted by molar-refractivity contribution is 0.229. The SMILES string of the molecule is CC1(C)CCCC(Nc2cccc(NS(N)(=O)=O)c2)C1. The van der Waals surface area contributed by atoms with Gasteiger partial charge in [-0.05, 0) is 42.9 Å². The number of hydrogen-bond acceptors (Lipinski definition) is 3. The lowest BCUT2D eigenvalue weighted by Crippen LogP contribution is -2.31. The van der Waals surface area contributed by atoms with Crippen molar-refractivity contribution in [3.05, 3.63) is 24.3 Å². The van der Waals surface area contributed by atoms with E-state index in [1.54, 1.807) is 12.1 Å². The molecule has 0 bridgehead atoms. The van der Waals surface area contributed by atoms with Gasteiger partial charge in [0.2, 0.25) is 0 Å². The Balaban J connectivity index is 2.04. The first-order valence-electron chi connectivity index (χ1n) is 6.91. The molecule has 2 rings (SSSR count). The molecule has 1 unspecified atom stereocenters. The molecule has 1 aromatic rings. The maximum atomic E-state index is 11.0. The fraction of sp³-hybridized carbons (Fsp3) is 0.571. The summed E-state index contributed by atoms with van der Waals surface area (Å²) in [6.07, 6.45) is 4.76. The number of nitrogens with one attached hydrogen (secondary N) is 2. The number of benzene rings is 1. The summed E-state index contributed by atoms with van der Waals surface area (Å²) >= 11 is 0. The highest BCUT2D eigenvalue weighted by molar-refractivity contribution is 7.90. The first-order chi connectivity index (χ1) is 9.23. The highest BCUT2D eigenvalue weighted by Crippen LogP contribution is 2.36. The monoisotopic (exact) mass is 297 g/mol. The summed E-state index contributed by atoms with van der Waals surface area (Å²) in [4.78, 5) is 0. The zero-order valence-corrected chi connectivity index (χ0v) is 12.8. The molecule has 0 aromatic heterocycles. The summed E-state index contributed by atoms with van der Waals surface area (Å²) < 4.78 is 24.4. The second-order valence-corrected chi connectivity index (χ2v) is 7.62. The molecule has 0 radical (unpaired) electrons. The van der Waals surface area contributed by atoms with E-state index in [9.17, 15) is 8.42 Å². The van der Waals surface area contributed by atoms with Crippen LogP contribution in [0.5, 0.6) is 0 Å². The van der Waals surface area contributed by atoms with Crippen molar-refractivity contribution >= 4 is 21.6 Å². The van der Waals surface area contributed by atoms with E-state index in [0.717, 1.165) is 18.5 Å². The third kappa shape index (κ3) is 4.68. The Morgan fingerprint density at radius 3 is 2.65 bits per heavy atom. The van der Waals surface area contributed by atoms with Gasteiger partial charge in [0, 0.05) is 11.7 Å². The van der Waals surface area contributed by atoms with Gasteiger partial charge >= 0.3 is 0 Å². The van der Waals surface area contributed by atoms with Crippen molar-refractivity contribution in [2.45, 2.75) is 45.6 Å². The van der Waals surface area contributed by atoms with Crippen molar-refractivity contribution in [3.8, 4) is 0 Å². The Morgan fingerprint density at radius 1 is 1.30 bits per heavy atom. The molecule has 0 amide bonds. The van der Waals surface area contributed by atoms with Crippen molar-refractivity contribution in [2.75, 3.05) is 10.0 Å². The first kappa shape index (κ1) is 15.1. The van der Waals surface area contributed by atoms with Crippen molar-refractivity contribution in [1.82, 2.24) is 0 Å². The molecule has 112 valence electrons. The summed E-state index contributed by atoms with van der Waals surface area (Å²) in [7, 11) is -3.72. The van der Waals surface area contributed by atoms with Crippen LogP contribution in [0.3, 0.4) is 0 Å². The zero-order chi connectivity index (χ0) is 14.8. The predicted molar refractivity (Wildman–Crippen MR) is 82.8 cm³/mol. The molecule has 6 heteroatoms. The molecule has 1 fully saturated rings. The largest absolute Gasteiger partial charge is 0.382 e. The topological polar surface area (TPSA) is 84.2 Å². The number of anilines is 2. The van der Waals surface area contributed by atoms with Crippen LogP contribution in [0.25, 0.3) is 0 Å².